The Hall–Kier alpha value is -2.46. The molecule has 31 heavy (non-hydrogen) atoms. The number of halogens is 8. The maximum atomic E-state index is 12.9. The molecule has 0 aliphatic heterocycles. The largest absolute Gasteiger partial charge is 0.480 e. The molecular weight excluding hydrogens is 475 g/mol. The van der Waals surface area contributed by atoms with E-state index in [4.69, 9.17) is 23.2 Å². The fourth-order valence-electron chi connectivity index (χ4n) is 2.66. The van der Waals surface area contributed by atoms with Crippen LogP contribution in [0.15, 0.2) is 36.4 Å². The Balaban J connectivity index is 2.23. The highest BCUT2D eigenvalue weighted by molar-refractivity contribution is 6.35. The van der Waals surface area contributed by atoms with E-state index in [0.717, 1.165) is 0 Å². The molecule has 0 unspecified atom stereocenters. The summed E-state index contributed by atoms with van der Waals surface area (Å²) in [5.74, 6) is -2.55. The van der Waals surface area contributed by atoms with Gasteiger partial charge in [-0.25, -0.2) is 4.79 Å². The summed E-state index contributed by atoms with van der Waals surface area (Å²) in [6.07, 6.45) is -11.3. The van der Waals surface area contributed by atoms with Crippen LogP contribution in [0.1, 0.15) is 22.3 Å². The van der Waals surface area contributed by atoms with E-state index >= 15 is 0 Å². The van der Waals surface area contributed by atoms with Crippen LogP contribution in [0.3, 0.4) is 0 Å². The third-order valence-electron chi connectivity index (χ3n) is 4.08. The van der Waals surface area contributed by atoms with Crippen molar-refractivity contribution < 1.29 is 41.0 Å². The molecule has 0 radical (unpaired) electrons. The lowest BCUT2D eigenvalue weighted by Crippen LogP contribution is -2.43. The van der Waals surface area contributed by atoms with Gasteiger partial charge in [0.15, 0.2) is 0 Å². The summed E-state index contributed by atoms with van der Waals surface area (Å²) < 4.78 is 77.6. The number of alkyl halides is 6. The van der Waals surface area contributed by atoms with Gasteiger partial charge < -0.3 is 10.4 Å². The average Bonchev–Trinajstić information content (AvgIpc) is 2.61. The first-order valence-electron chi connectivity index (χ1n) is 8.41. The van der Waals surface area contributed by atoms with E-state index in [0.29, 0.717) is 17.7 Å². The van der Waals surface area contributed by atoms with Gasteiger partial charge >= 0.3 is 18.3 Å². The topological polar surface area (TPSA) is 66.4 Å². The average molecular weight is 488 g/mol. The van der Waals surface area contributed by atoms with Crippen molar-refractivity contribution in [3.8, 4) is 0 Å². The van der Waals surface area contributed by atoms with Crippen molar-refractivity contribution in [2.75, 3.05) is 0 Å². The number of carboxylic acid groups (broad SMARTS) is 1. The molecule has 0 saturated carbocycles. The van der Waals surface area contributed by atoms with Crippen LogP contribution in [0, 0.1) is 0 Å². The molecule has 0 aromatic heterocycles. The minimum absolute atomic E-state index is 0.0655. The summed E-state index contributed by atoms with van der Waals surface area (Å²) in [7, 11) is 0. The number of carboxylic acids is 1. The van der Waals surface area contributed by atoms with Gasteiger partial charge in [-0.3, -0.25) is 4.79 Å². The highest BCUT2D eigenvalue weighted by Crippen LogP contribution is 2.36. The molecule has 0 bridgehead atoms. The number of amides is 1. The molecule has 12 heteroatoms. The second-order valence-electron chi connectivity index (χ2n) is 6.49. The maximum Gasteiger partial charge on any atom is 0.416 e. The van der Waals surface area contributed by atoms with Gasteiger partial charge in [-0.15, -0.1) is 0 Å². The van der Waals surface area contributed by atoms with Crippen molar-refractivity contribution in [3.63, 3.8) is 0 Å². The van der Waals surface area contributed by atoms with Crippen LogP contribution < -0.4 is 5.32 Å². The number of rotatable bonds is 6. The molecule has 0 heterocycles. The highest BCUT2D eigenvalue weighted by atomic mass is 35.5. The second kappa shape index (κ2) is 9.35. The molecule has 2 rings (SSSR count). The minimum Gasteiger partial charge on any atom is -0.480 e. The van der Waals surface area contributed by atoms with Gasteiger partial charge in [0.2, 0.25) is 5.91 Å². The highest BCUT2D eigenvalue weighted by Gasteiger charge is 2.37. The van der Waals surface area contributed by atoms with Crippen molar-refractivity contribution in [3.05, 3.63) is 68.7 Å². The first-order valence-corrected chi connectivity index (χ1v) is 9.17. The lowest BCUT2D eigenvalue weighted by Gasteiger charge is -2.17. The van der Waals surface area contributed by atoms with Gasteiger partial charge in [0, 0.05) is 16.5 Å². The van der Waals surface area contributed by atoms with Gasteiger partial charge in [-0.1, -0.05) is 29.3 Å². The lowest BCUT2D eigenvalue weighted by atomic mass is 10.0. The summed E-state index contributed by atoms with van der Waals surface area (Å²) in [6, 6.07) is 3.42. The van der Waals surface area contributed by atoms with E-state index < -0.39 is 53.4 Å². The summed E-state index contributed by atoms with van der Waals surface area (Å²) in [5, 5.41) is 11.8. The number of carbonyl (C=O) groups is 2. The maximum absolute atomic E-state index is 12.9. The predicted molar refractivity (Wildman–Crippen MR) is 99.9 cm³/mol. The fraction of sp³-hybridized carbons (Fsp3) is 0.263. The molecule has 1 atom stereocenters. The number of carbonyl (C=O) groups excluding carboxylic acids is 1. The molecule has 0 saturated heterocycles. The van der Waals surface area contributed by atoms with Crippen LogP contribution in [0.5, 0.6) is 0 Å². The van der Waals surface area contributed by atoms with Crippen LogP contribution >= 0.6 is 23.2 Å². The van der Waals surface area contributed by atoms with Crippen LogP contribution in [0.2, 0.25) is 10.0 Å². The quantitative estimate of drug-likeness (QED) is 0.537. The molecule has 0 aliphatic rings. The molecule has 0 fully saturated rings. The molecule has 1 amide bonds. The Morgan fingerprint density at radius 1 is 0.935 bits per heavy atom. The van der Waals surface area contributed by atoms with E-state index in [9.17, 15) is 41.0 Å². The first-order chi connectivity index (χ1) is 14.2. The number of benzene rings is 2. The molecule has 0 spiro atoms. The van der Waals surface area contributed by atoms with E-state index in [1.165, 1.54) is 18.2 Å². The van der Waals surface area contributed by atoms with Gasteiger partial charge in [0.05, 0.1) is 17.5 Å². The van der Waals surface area contributed by atoms with Crippen molar-refractivity contribution in [2.45, 2.75) is 31.2 Å². The molecule has 4 nitrogen and oxygen atoms in total. The molecule has 0 aliphatic carbocycles. The first kappa shape index (κ1) is 24.8. The number of hydrogen-bond acceptors (Lipinski definition) is 2. The van der Waals surface area contributed by atoms with E-state index in [1.54, 1.807) is 0 Å². The SMILES string of the molecule is O=C(Cc1cc(C(F)(F)F)cc(C(F)(F)F)c1)N[C@@H](Cc1ccc(Cl)cc1Cl)C(=O)O. The van der Waals surface area contributed by atoms with Gasteiger partial charge in [-0.2, -0.15) is 26.3 Å². The third-order valence-corrected chi connectivity index (χ3v) is 4.67. The standard InChI is InChI=1S/C19H13Cl2F6NO3/c20-13-2-1-10(14(21)8-13)6-15(17(30)31)28-16(29)5-9-3-11(18(22,23)24)7-12(4-9)19(25,26)27/h1-4,7-8,15H,5-6H2,(H,28,29)(H,30,31)/t15-/m0/s1. The molecule has 168 valence electrons. The number of nitrogens with one attached hydrogen (secondary N) is 1. The van der Waals surface area contributed by atoms with Crippen molar-refractivity contribution in [1.29, 1.82) is 0 Å². The fourth-order valence-corrected chi connectivity index (χ4v) is 3.15. The summed E-state index contributed by atoms with van der Waals surface area (Å²) in [4.78, 5) is 23.6. The Labute approximate surface area is 181 Å². The summed E-state index contributed by atoms with van der Waals surface area (Å²) in [6.45, 7) is 0. The number of aliphatic carboxylic acids is 1. The van der Waals surface area contributed by atoms with Crippen LogP contribution in [-0.2, 0) is 34.8 Å². The van der Waals surface area contributed by atoms with E-state index in [-0.39, 0.29) is 22.5 Å². The summed E-state index contributed by atoms with van der Waals surface area (Å²) >= 11 is 11.7. The van der Waals surface area contributed by atoms with Crippen LogP contribution in [0.4, 0.5) is 26.3 Å². The second-order valence-corrected chi connectivity index (χ2v) is 7.33. The van der Waals surface area contributed by atoms with Gasteiger partial charge in [0.25, 0.3) is 0 Å². The Kier molecular flexibility index (Phi) is 7.48. The predicted octanol–water partition coefficient (Wildman–Crippen LogP) is 5.39. The third kappa shape index (κ3) is 7.03. The zero-order valence-electron chi connectivity index (χ0n) is 15.2. The molecule has 2 aromatic carbocycles. The Morgan fingerprint density at radius 3 is 1.94 bits per heavy atom. The van der Waals surface area contributed by atoms with E-state index in [2.05, 4.69) is 5.32 Å². The smallest absolute Gasteiger partial charge is 0.416 e. The Bertz CT molecular complexity index is 959. The van der Waals surface area contributed by atoms with Crippen LogP contribution in [0.25, 0.3) is 0 Å². The minimum atomic E-state index is -5.07. The lowest BCUT2D eigenvalue weighted by molar-refractivity contribution is -0.143. The zero-order chi connectivity index (χ0) is 23.6. The van der Waals surface area contributed by atoms with Crippen molar-refractivity contribution in [2.24, 2.45) is 0 Å². The molecule has 2 aromatic rings. The normalized spacial score (nSPS) is 13.0. The van der Waals surface area contributed by atoms with Crippen molar-refractivity contribution >= 4 is 35.1 Å². The van der Waals surface area contributed by atoms with E-state index in [1.807, 2.05) is 0 Å². The molecular formula is C19H13Cl2F6NO3. The zero-order valence-corrected chi connectivity index (χ0v) is 16.8. The van der Waals surface area contributed by atoms with Gasteiger partial charge in [-0.05, 0) is 41.5 Å². The summed E-state index contributed by atoms with van der Waals surface area (Å²) in [5.41, 5.74) is -3.41. The number of hydrogen-bond donors (Lipinski definition) is 2. The van der Waals surface area contributed by atoms with Crippen LogP contribution in [-0.4, -0.2) is 23.0 Å². The molecule has 2 N–H and O–H groups in total. The Morgan fingerprint density at radius 2 is 1.48 bits per heavy atom. The van der Waals surface area contributed by atoms with Gasteiger partial charge in [0.1, 0.15) is 6.04 Å². The monoisotopic (exact) mass is 487 g/mol. The van der Waals surface area contributed by atoms with Crippen molar-refractivity contribution in [1.82, 2.24) is 5.32 Å².